The predicted molar refractivity (Wildman–Crippen MR) is 84.5 cm³/mol. The number of ketones is 1. The van der Waals surface area contributed by atoms with E-state index in [4.69, 9.17) is 9.47 Å². The summed E-state index contributed by atoms with van der Waals surface area (Å²) in [5.41, 5.74) is 1.92. The summed E-state index contributed by atoms with van der Waals surface area (Å²) in [6.45, 7) is 7.19. The van der Waals surface area contributed by atoms with Gasteiger partial charge in [0.1, 0.15) is 0 Å². The van der Waals surface area contributed by atoms with Crippen LogP contribution < -0.4 is 0 Å². The topological polar surface area (TPSA) is 85.5 Å². The monoisotopic (exact) mass is 327 g/mol. The van der Waals surface area contributed by atoms with E-state index in [1.807, 2.05) is 0 Å². The van der Waals surface area contributed by atoms with Crippen LogP contribution in [0.3, 0.4) is 0 Å². The van der Waals surface area contributed by atoms with Gasteiger partial charge < -0.3 is 14.5 Å². The normalized spacial score (nSPS) is 11.9. The number of esters is 2. The third-order valence-electron chi connectivity index (χ3n) is 3.20. The first kappa shape index (κ1) is 18.3. The molecule has 122 valence electrons. The summed E-state index contributed by atoms with van der Waals surface area (Å²) in [4.78, 5) is 38.5. The van der Waals surface area contributed by atoms with Crippen molar-refractivity contribution in [2.24, 2.45) is 0 Å². The molecule has 1 rings (SSSR count). The van der Waals surface area contributed by atoms with Crippen molar-refractivity contribution in [2.45, 2.75) is 32.9 Å². The molecule has 0 fully saturated rings. The van der Waals surface area contributed by atoms with E-state index in [-0.39, 0.29) is 17.5 Å². The lowest BCUT2D eigenvalue weighted by molar-refractivity contribution is -0.139. The first-order valence-corrected chi connectivity index (χ1v) is 7.97. The Morgan fingerprint density at radius 1 is 1.27 bits per heavy atom. The summed E-state index contributed by atoms with van der Waals surface area (Å²) in [6, 6.07) is 0. The van der Waals surface area contributed by atoms with Crippen molar-refractivity contribution >= 4 is 29.5 Å². The molecule has 0 unspecified atom stereocenters. The van der Waals surface area contributed by atoms with Crippen LogP contribution in [0.1, 0.15) is 46.0 Å². The van der Waals surface area contributed by atoms with Crippen molar-refractivity contribution in [1.82, 2.24) is 4.98 Å². The number of carbonyl (C=O) groups is 3. The smallest absolute Gasteiger partial charge is 0.339 e. The van der Waals surface area contributed by atoms with E-state index >= 15 is 0 Å². The van der Waals surface area contributed by atoms with Crippen molar-refractivity contribution in [3.63, 3.8) is 0 Å². The van der Waals surface area contributed by atoms with Gasteiger partial charge in [-0.2, -0.15) is 0 Å². The number of hydrogen-bond acceptors (Lipinski definition) is 6. The second kappa shape index (κ2) is 8.03. The molecule has 22 heavy (non-hydrogen) atoms. The summed E-state index contributed by atoms with van der Waals surface area (Å²) in [5.74, 6) is -0.868. The van der Waals surface area contributed by atoms with Gasteiger partial charge in [-0.3, -0.25) is 9.59 Å². The molecule has 1 aromatic rings. The molecule has 1 aromatic heterocycles. The standard InChI is InChI=1S/C15H21NO5S/c1-6-21-11(17)7-22-10(4)14(18)13-8(2)12(9(3)16-13)15(19)20-5/h10,16H,6-7H2,1-5H3/t10-/m0/s1. The van der Waals surface area contributed by atoms with Crippen LogP contribution in [0.2, 0.25) is 0 Å². The second-order valence-corrected chi connectivity index (χ2v) is 6.07. The lowest BCUT2D eigenvalue weighted by Crippen LogP contribution is -2.18. The van der Waals surface area contributed by atoms with E-state index in [2.05, 4.69) is 4.98 Å². The number of thioether (sulfide) groups is 1. The number of ether oxygens (including phenoxy) is 2. The van der Waals surface area contributed by atoms with Gasteiger partial charge in [0.15, 0.2) is 5.78 Å². The Kier molecular flexibility index (Phi) is 6.67. The molecule has 0 radical (unpaired) electrons. The van der Waals surface area contributed by atoms with E-state index in [0.717, 1.165) is 0 Å². The van der Waals surface area contributed by atoms with Crippen LogP contribution in [0.5, 0.6) is 0 Å². The van der Waals surface area contributed by atoms with Crippen LogP contribution in [-0.4, -0.2) is 47.4 Å². The van der Waals surface area contributed by atoms with Gasteiger partial charge >= 0.3 is 11.9 Å². The largest absolute Gasteiger partial charge is 0.465 e. The molecule has 1 atom stereocenters. The summed E-state index contributed by atoms with van der Waals surface area (Å²) in [6.07, 6.45) is 0. The van der Waals surface area contributed by atoms with Gasteiger partial charge in [0, 0.05) is 5.69 Å². The SMILES string of the molecule is CCOC(=O)CS[C@@H](C)C(=O)c1[nH]c(C)c(C(=O)OC)c1C. The minimum absolute atomic E-state index is 0.114. The molecular weight excluding hydrogens is 306 g/mol. The number of nitrogens with one attached hydrogen (secondary N) is 1. The minimum Gasteiger partial charge on any atom is -0.465 e. The third-order valence-corrected chi connectivity index (χ3v) is 4.32. The maximum Gasteiger partial charge on any atom is 0.339 e. The van der Waals surface area contributed by atoms with Gasteiger partial charge in [-0.1, -0.05) is 0 Å². The van der Waals surface area contributed by atoms with E-state index in [1.54, 1.807) is 27.7 Å². The van der Waals surface area contributed by atoms with Gasteiger partial charge in [-0.25, -0.2) is 4.79 Å². The first-order valence-electron chi connectivity index (χ1n) is 6.92. The molecule has 0 saturated carbocycles. The van der Waals surface area contributed by atoms with Crippen molar-refractivity contribution in [1.29, 1.82) is 0 Å². The lowest BCUT2D eigenvalue weighted by atomic mass is 10.1. The average molecular weight is 327 g/mol. The van der Waals surface area contributed by atoms with Crippen LogP contribution in [0.4, 0.5) is 0 Å². The second-order valence-electron chi connectivity index (χ2n) is 4.74. The van der Waals surface area contributed by atoms with E-state index in [9.17, 15) is 14.4 Å². The van der Waals surface area contributed by atoms with Gasteiger partial charge in [0.2, 0.25) is 0 Å². The van der Waals surface area contributed by atoms with Crippen LogP contribution in [0.25, 0.3) is 0 Å². The predicted octanol–water partition coefficient (Wildman–Crippen LogP) is 2.29. The Bertz CT molecular complexity index is 579. The number of H-pyrrole nitrogens is 1. The molecule has 0 aliphatic carbocycles. The Hall–Kier alpha value is -1.76. The maximum atomic E-state index is 12.5. The highest BCUT2D eigenvalue weighted by atomic mass is 32.2. The fourth-order valence-corrected chi connectivity index (χ4v) is 2.82. The van der Waals surface area contributed by atoms with Crippen molar-refractivity contribution in [2.75, 3.05) is 19.5 Å². The molecule has 0 aliphatic rings. The number of aryl methyl sites for hydroxylation is 1. The highest BCUT2D eigenvalue weighted by molar-refractivity contribution is 8.01. The van der Waals surface area contributed by atoms with E-state index in [1.165, 1.54) is 18.9 Å². The number of Topliss-reactive ketones (excluding diaryl/α,β-unsaturated/α-hetero) is 1. The molecule has 0 amide bonds. The minimum atomic E-state index is -0.475. The highest BCUT2D eigenvalue weighted by Gasteiger charge is 2.26. The molecule has 0 aromatic carbocycles. The Morgan fingerprint density at radius 3 is 2.45 bits per heavy atom. The number of methoxy groups -OCH3 is 1. The number of aromatic amines is 1. The summed E-state index contributed by atoms with van der Waals surface area (Å²) >= 11 is 1.21. The summed E-state index contributed by atoms with van der Waals surface area (Å²) < 4.78 is 9.55. The van der Waals surface area contributed by atoms with Gasteiger partial charge in [0.25, 0.3) is 0 Å². The average Bonchev–Trinajstić information content (AvgIpc) is 2.78. The Morgan fingerprint density at radius 2 is 1.91 bits per heavy atom. The molecule has 0 bridgehead atoms. The molecule has 0 saturated heterocycles. The highest BCUT2D eigenvalue weighted by Crippen LogP contribution is 2.23. The van der Waals surface area contributed by atoms with E-state index < -0.39 is 11.2 Å². The molecule has 0 aliphatic heterocycles. The molecule has 1 N–H and O–H groups in total. The van der Waals surface area contributed by atoms with Gasteiger partial charge in [-0.15, -0.1) is 11.8 Å². The fraction of sp³-hybridized carbons (Fsp3) is 0.533. The van der Waals surface area contributed by atoms with Gasteiger partial charge in [-0.05, 0) is 33.3 Å². The first-order chi connectivity index (χ1) is 10.3. The zero-order valence-corrected chi connectivity index (χ0v) is 14.3. The van der Waals surface area contributed by atoms with Crippen LogP contribution in [0.15, 0.2) is 0 Å². The van der Waals surface area contributed by atoms with Crippen LogP contribution >= 0.6 is 11.8 Å². The number of rotatable bonds is 7. The van der Waals surface area contributed by atoms with E-state index in [0.29, 0.717) is 29.1 Å². The molecule has 6 nitrogen and oxygen atoms in total. The molecule has 0 spiro atoms. The van der Waals surface area contributed by atoms with Gasteiger partial charge in [0.05, 0.1) is 36.0 Å². The number of aromatic nitrogens is 1. The molecule has 1 heterocycles. The fourth-order valence-electron chi connectivity index (χ4n) is 2.08. The van der Waals surface area contributed by atoms with Crippen LogP contribution in [-0.2, 0) is 14.3 Å². The Labute approximate surface area is 133 Å². The molecule has 7 heteroatoms. The van der Waals surface area contributed by atoms with Crippen molar-refractivity contribution in [3.8, 4) is 0 Å². The third kappa shape index (κ3) is 4.13. The van der Waals surface area contributed by atoms with Crippen LogP contribution in [0, 0.1) is 13.8 Å². The lowest BCUT2D eigenvalue weighted by Gasteiger charge is -2.09. The molecular formula is C15H21NO5S. The zero-order chi connectivity index (χ0) is 16.9. The summed E-state index contributed by atoms with van der Waals surface area (Å²) in [5, 5.41) is -0.424. The zero-order valence-electron chi connectivity index (χ0n) is 13.4. The quantitative estimate of drug-likeness (QED) is 0.611. The number of carbonyl (C=O) groups excluding carboxylic acids is 3. The summed E-state index contributed by atoms with van der Waals surface area (Å²) in [7, 11) is 1.30. The van der Waals surface area contributed by atoms with Crippen molar-refractivity contribution in [3.05, 3.63) is 22.5 Å². The maximum absolute atomic E-state index is 12.5. The number of hydrogen-bond donors (Lipinski definition) is 1. The van der Waals surface area contributed by atoms with Crippen molar-refractivity contribution < 1.29 is 23.9 Å². The Balaban J connectivity index is 2.85.